The number of benzene rings is 2. The molecule has 2 aromatic heterocycles. The van der Waals surface area contributed by atoms with Crippen molar-refractivity contribution in [3.05, 3.63) is 59.9 Å². The van der Waals surface area contributed by atoms with E-state index in [0.717, 1.165) is 11.0 Å². The standard InChI is InChI=1S/C17H13N5O2/c1-10-11(17(23)24)5-4-7-12(10)19-15-16-21-18-9-22(16)14-8-3-2-6-13(14)20-15/h2-9H,1H3,(H,19,20)(H,23,24). The molecule has 0 bridgehead atoms. The molecule has 0 saturated heterocycles. The van der Waals surface area contributed by atoms with Gasteiger partial charge in [-0.15, -0.1) is 10.2 Å². The van der Waals surface area contributed by atoms with Crippen LogP contribution in [-0.4, -0.2) is 30.7 Å². The Balaban J connectivity index is 1.89. The Morgan fingerprint density at radius 3 is 2.83 bits per heavy atom. The van der Waals surface area contributed by atoms with Crippen LogP contribution < -0.4 is 5.32 Å². The zero-order valence-electron chi connectivity index (χ0n) is 12.8. The van der Waals surface area contributed by atoms with Crippen molar-refractivity contribution in [2.45, 2.75) is 6.92 Å². The van der Waals surface area contributed by atoms with Gasteiger partial charge in [-0.25, -0.2) is 9.78 Å². The van der Waals surface area contributed by atoms with Crippen LogP contribution in [0.1, 0.15) is 15.9 Å². The first-order chi connectivity index (χ1) is 11.6. The van der Waals surface area contributed by atoms with Crippen LogP contribution >= 0.6 is 0 Å². The van der Waals surface area contributed by atoms with Crippen LogP contribution in [0.2, 0.25) is 0 Å². The highest BCUT2D eigenvalue weighted by Gasteiger charge is 2.14. The van der Waals surface area contributed by atoms with Crippen molar-refractivity contribution in [2.24, 2.45) is 0 Å². The lowest BCUT2D eigenvalue weighted by Gasteiger charge is -2.12. The van der Waals surface area contributed by atoms with Crippen LogP contribution in [0.5, 0.6) is 0 Å². The number of fused-ring (bicyclic) bond motifs is 3. The summed E-state index contributed by atoms with van der Waals surface area (Å²) in [4.78, 5) is 15.9. The van der Waals surface area contributed by atoms with Gasteiger partial charge in [0.25, 0.3) is 0 Å². The number of aromatic nitrogens is 4. The molecule has 2 N–H and O–H groups in total. The Morgan fingerprint density at radius 1 is 1.17 bits per heavy atom. The number of hydrogen-bond donors (Lipinski definition) is 2. The van der Waals surface area contributed by atoms with E-state index < -0.39 is 5.97 Å². The molecular weight excluding hydrogens is 306 g/mol. The van der Waals surface area contributed by atoms with Crippen molar-refractivity contribution in [3.8, 4) is 0 Å². The lowest BCUT2D eigenvalue weighted by Crippen LogP contribution is -2.05. The van der Waals surface area contributed by atoms with Crippen LogP contribution in [0, 0.1) is 6.92 Å². The molecule has 0 aliphatic heterocycles. The SMILES string of the molecule is Cc1c(Nc2nc3ccccc3n3cnnc23)cccc1C(=O)O. The Kier molecular flexibility index (Phi) is 3.13. The summed E-state index contributed by atoms with van der Waals surface area (Å²) in [6.07, 6.45) is 1.63. The minimum absolute atomic E-state index is 0.248. The molecule has 24 heavy (non-hydrogen) atoms. The molecule has 0 radical (unpaired) electrons. The third-order valence-electron chi connectivity index (χ3n) is 3.95. The van der Waals surface area contributed by atoms with Gasteiger partial charge in [-0.3, -0.25) is 4.40 Å². The Hall–Kier alpha value is -3.48. The maximum absolute atomic E-state index is 11.3. The highest BCUT2D eigenvalue weighted by Crippen LogP contribution is 2.26. The second-order valence-corrected chi connectivity index (χ2v) is 5.38. The molecule has 0 unspecified atom stereocenters. The molecule has 2 heterocycles. The Labute approximate surface area is 136 Å². The van der Waals surface area contributed by atoms with Crippen LogP contribution in [-0.2, 0) is 0 Å². The third kappa shape index (κ3) is 2.14. The number of carbonyl (C=O) groups is 1. The Bertz CT molecular complexity index is 1090. The minimum atomic E-state index is -0.963. The van der Waals surface area contributed by atoms with Gasteiger partial charge in [-0.2, -0.15) is 0 Å². The molecule has 0 aliphatic carbocycles. The van der Waals surface area contributed by atoms with Crippen LogP contribution in [0.15, 0.2) is 48.8 Å². The molecule has 0 saturated carbocycles. The summed E-state index contributed by atoms with van der Waals surface area (Å²) in [5.41, 5.74) is 3.82. The van der Waals surface area contributed by atoms with Gasteiger partial charge in [0.1, 0.15) is 6.33 Å². The van der Waals surface area contributed by atoms with E-state index in [1.165, 1.54) is 0 Å². The van der Waals surface area contributed by atoms with E-state index in [1.54, 1.807) is 25.4 Å². The number of rotatable bonds is 3. The topological polar surface area (TPSA) is 92.4 Å². The van der Waals surface area contributed by atoms with E-state index in [2.05, 4.69) is 20.5 Å². The van der Waals surface area contributed by atoms with Crippen molar-refractivity contribution in [1.82, 2.24) is 19.6 Å². The predicted octanol–water partition coefficient (Wildman–Crippen LogP) is 3.03. The molecule has 7 nitrogen and oxygen atoms in total. The smallest absolute Gasteiger partial charge is 0.336 e. The van der Waals surface area contributed by atoms with Crippen molar-refractivity contribution in [2.75, 3.05) is 5.32 Å². The molecule has 0 amide bonds. The quantitative estimate of drug-likeness (QED) is 0.603. The minimum Gasteiger partial charge on any atom is -0.478 e. The van der Waals surface area contributed by atoms with E-state index in [1.807, 2.05) is 34.7 Å². The van der Waals surface area contributed by atoms with Crippen LogP contribution in [0.25, 0.3) is 16.7 Å². The van der Waals surface area contributed by atoms with E-state index in [-0.39, 0.29) is 5.56 Å². The largest absolute Gasteiger partial charge is 0.478 e. The molecule has 4 rings (SSSR count). The maximum atomic E-state index is 11.3. The number of aromatic carboxylic acids is 1. The molecule has 0 fully saturated rings. The number of nitrogens with zero attached hydrogens (tertiary/aromatic N) is 4. The van der Waals surface area contributed by atoms with E-state index >= 15 is 0 Å². The highest BCUT2D eigenvalue weighted by molar-refractivity contribution is 5.92. The maximum Gasteiger partial charge on any atom is 0.336 e. The van der Waals surface area contributed by atoms with Crippen molar-refractivity contribution < 1.29 is 9.90 Å². The average molecular weight is 319 g/mol. The number of hydrogen-bond acceptors (Lipinski definition) is 5. The summed E-state index contributed by atoms with van der Waals surface area (Å²) in [6, 6.07) is 12.8. The predicted molar refractivity (Wildman–Crippen MR) is 89.7 cm³/mol. The number of carboxylic acid groups (broad SMARTS) is 1. The fourth-order valence-corrected chi connectivity index (χ4v) is 2.72. The molecule has 0 atom stereocenters. The second-order valence-electron chi connectivity index (χ2n) is 5.38. The normalized spacial score (nSPS) is 11.0. The summed E-state index contributed by atoms with van der Waals surface area (Å²) >= 11 is 0. The average Bonchev–Trinajstić information content (AvgIpc) is 3.07. The van der Waals surface area contributed by atoms with Crippen molar-refractivity contribution in [3.63, 3.8) is 0 Å². The number of nitrogens with one attached hydrogen (secondary N) is 1. The van der Waals surface area contributed by atoms with Gasteiger partial charge in [0.15, 0.2) is 5.82 Å². The first kappa shape index (κ1) is 14.1. The van der Waals surface area contributed by atoms with E-state index in [0.29, 0.717) is 22.7 Å². The molecule has 0 aliphatic rings. The molecule has 118 valence electrons. The van der Waals surface area contributed by atoms with Gasteiger partial charge >= 0.3 is 5.97 Å². The number of carboxylic acids is 1. The van der Waals surface area contributed by atoms with Gasteiger partial charge in [0.2, 0.25) is 5.65 Å². The fraction of sp³-hybridized carbons (Fsp3) is 0.0588. The zero-order valence-corrected chi connectivity index (χ0v) is 12.8. The van der Waals surface area contributed by atoms with E-state index in [4.69, 9.17) is 0 Å². The summed E-state index contributed by atoms with van der Waals surface area (Å²) in [6.45, 7) is 1.76. The lowest BCUT2D eigenvalue weighted by molar-refractivity contribution is 0.0696. The molecule has 4 aromatic rings. The van der Waals surface area contributed by atoms with Gasteiger partial charge in [0, 0.05) is 5.69 Å². The molecular formula is C17H13N5O2. The van der Waals surface area contributed by atoms with Crippen molar-refractivity contribution >= 4 is 34.2 Å². The van der Waals surface area contributed by atoms with Crippen LogP contribution in [0.3, 0.4) is 0 Å². The van der Waals surface area contributed by atoms with Crippen LogP contribution in [0.4, 0.5) is 11.5 Å². The van der Waals surface area contributed by atoms with Crippen molar-refractivity contribution in [1.29, 1.82) is 0 Å². The first-order valence-electron chi connectivity index (χ1n) is 7.33. The van der Waals surface area contributed by atoms with Gasteiger partial charge < -0.3 is 10.4 Å². The second kappa shape index (κ2) is 5.31. The Morgan fingerprint density at radius 2 is 2.00 bits per heavy atom. The summed E-state index contributed by atoms with van der Waals surface area (Å²) in [7, 11) is 0. The molecule has 7 heteroatoms. The molecule has 0 spiro atoms. The summed E-state index contributed by atoms with van der Waals surface area (Å²) in [5.74, 6) is -0.438. The first-order valence-corrected chi connectivity index (χ1v) is 7.33. The number of anilines is 2. The zero-order chi connectivity index (χ0) is 16.7. The third-order valence-corrected chi connectivity index (χ3v) is 3.95. The highest BCUT2D eigenvalue weighted by atomic mass is 16.4. The fourth-order valence-electron chi connectivity index (χ4n) is 2.72. The molecule has 2 aromatic carbocycles. The lowest BCUT2D eigenvalue weighted by atomic mass is 10.1. The van der Waals surface area contributed by atoms with E-state index in [9.17, 15) is 9.90 Å². The monoisotopic (exact) mass is 319 g/mol. The summed E-state index contributed by atoms with van der Waals surface area (Å²) in [5, 5.41) is 20.5. The van der Waals surface area contributed by atoms with Gasteiger partial charge in [0.05, 0.1) is 16.6 Å². The number of para-hydroxylation sites is 2. The van der Waals surface area contributed by atoms with Gasteiger partial charge in [-0.05, 0) is 36.8 Å². The summed E-state index contributed by atoms with van der Waals surface area (Å²) < 4.78 is 1.85. The van der Waals surface area contributed by atoms with Gasteiger partial charge in [-0.1, -0.05) is 18.2 Å².